The fraction of sp³-hybridized carbons (Fsp3) is 0.684. The van der Waals surface area contributed by atoms with Crippen LogP contribution in [0.2, 0.25) is 0 Å². The number of hydrogen-bond acceptors (Lipinski definition) is 2. The van der Waals surface area contributed by atoms with Crippen LogP contribution >= 0.6 is 0 Å². The van der Waals surface area contributed by atoms with Crippen molar-refractivity contribution in [1.29, 1.82) is 0 Å². The first kappa shape index (κ1) is 18.0. The smallest absolute Gasteiger partial charge is 0.122 e. The molecule has 0 spiro atoms. The van der Waals surface area contributed by atoms with E-state index in [1.807, 2.05) is 0 Å². The maximum atomic E-state index is 5.48. The summed E-state index contributed by atoms with van der Waals surface area (Å²) in [7, 11) is 1.75. The van der Waals surface area contributed by atoms with E-state index in [0.29, 0.717) is 6.04 Å². The Hall–Kier alpha value is -1.02. The quantitative estimate of drug-likeness (QED) is 0.635. The van der Waals surface area contributed by atoms with Crippen LogP contribution in [-0.4, -0.2) is 13.7 Å². The lowest BCUT2D eigenvalue weighted by atomic mass is 9.89. The zero-order valence-electron chi connectivity index (χ0n) is 14.5. The minimum absolute atomic E-state index is 0.436. The zero-order chi connectivity index (χ0) is 15.7. The van der Waals surface area contributed by atoms with Crippen molar-refractivity contribution in [2.24, 2.45) is 5.92 Å². The van der Waals surface area contributed by atoms with Crippen LogP contribution in [0, 0.1) is 12.8 Å². The first-order valence-corrected chi connectivity index (χ1v) is 8.54. The van der Waals surface area contributed by atoms with Gasteiger partial charge in [-0.15, -0.1) is 0 Å². The molecule has 2 unspecified atom stereocenters. The van der Waals surface area contributed by atoms with E-state index in [1.54, 1.807) is 7.11 Å². The Kier molecular flexibility index (Phi) is 8.44. The summed E-state index contributed by atoms with van der Waals surface area (Å²) < 4.78 is 5.48. The maximum Gasteiger partial charge on any atom is 0.122 e. The van der Waals surface area contributed by atoms with Crippen molar-refractivity contribution in [2.45, 2.75) is 65.8 Å². The van der Waals surface area contributed by atoms with E-state index in [4.69, 9.17) is 4.74 Å². The van der Waals surface area contributed by atoms with Gasteiger partial charge in [-0.25, -0.2) is 0 Å². The van der Waals surface area contributed by atoms with Crippen molar-refractivity contribution >= 4 is 0 Å². The van der Waals surface area contributed by atoms with E-state index in [2.05, 4.69) is 51.2 Å². The number of aryl methyl sites for hydroxylation is 1. The highest BCUT2D eigenvalue weighted by Gasteiger charge is 2.17. The van der Waals surface area contributed by atoms with E-state index >= 15 is 0 Å². The molecule has 0 fully saturated rings. The van der Waals surface area contributed by atoms with Gasteiger partial charge < -0.3 is 10.1 Å². The Morgan fingerprint density at radius 2 is 1.95 bits per heavy atom. The number of nitrogens with one attached hydrogen (secondary N) is 1. The lowest BCUT2D eigenvalue weighted by Crippen LogP contribution is -2.23. The molecule has 0 radical (unpaired) electrons. The van der Waals surface area contributed by atoms with Gasteiger partial charge in [0.05, 0.1) is 7.11 Å². The molecule has 0 aliphatic carbocycles. The van der Waals surface area contributed by atoms with E-state index < -0.39 is 0 Å². The zero-order valence-corrected chi connectivity index (χ0v) is 14.5. The van der Waals surface area contributed by atoms with Gasteiger partial charge in [-0.2, -0.15) is 0 Å². The number of rotatable bonds is 10. The molecule has 0 bridgehead atoms. The molecule has 0 heterocycles. The molecule has 2 atom stereocenters. The second-order valence-electron chi connectivity index (χ2n) is 5.99. The van der Waals surface area contributed by atoms with Crippen molar-refractivity contribution < 1.29 is 4.74 Å². The Bertz CT molecular complexity index is 403. The molecule has 1 N–H and O–H groups in total. The first-order chi connectivity index (χ1) is 10.2. The van der Waals surface area contributed by atoms with Gasteiger partial charge in [-0.1, -0.05) is 58.6 Å². The Morgan fingerprint density at radius 3 is 2.52 bits per heavy atom. The van der Waals surface area contributed by atoms with Gasteiger partial charge in [0.25, 0.3) is 0 Å². The van der Waals surface area contributed by atoms with Crippen molar-refractivity contribution in [3.63, 3.8) is 0 Å². The molecule has 0 aliphatic heterocycles. The van der Waals surface area contributed by atoms with E-state index in [0.717, 1.165) is 18.2 Å². The normalized spacial score (nSPS) is 14.0. The summed E-state index contributed by atoms with van der Waals surface area (Å²) >= 11 is 0. The van der Waals surface area contributed by atoms with Crippen LogP contribution in [0.3, 0.4) is 0 Å². The Morgan fingerprint density at radius 1 is 1.19 bits per heavy atom. The Balaban J connectivity index is 2.84. The molecule has 0 aromatic heterocycles. The molecule has 2 heteroatoms. The second kappa shape index (κ2) is 9.83. The van der Waals surface area contributed by atoms with Crippen LogP contribution in [0.5, 0.6) is 5.75 Å². The third-order valence-electron chi connectivity index (χ3n) is 4.40. The summed E-state index contributed by atoms with van der Waals surface area (Å²) in [5.41, 5.74) is 2.56. The first-order valence-electron chi connectivity index (χ1n) is 8.54. The van der Waals surface area contributed by atoms with E-state index in [1.165, 1.54) is 43.2 Å². The molecule has 1 aromatic rings. The predicted octanol–water partition coefficient (Wildman–Crippen LogP) is 5.26. The number of benzene rings is 1. The van der Waals surface area contributed by atoms with Gasteiger partial charge >= 0.3 is 0 Å². The molecular weight excluding hydrogens is 258 g/mol. The highest BCUT2D eigenvalue weighted by Crippen LogP contribution is 2.30. The van der Waals surface area contributed by atoms with Crippen molar-refractivity contribution in [2.75, 3.05) is 13.7 Å². The summed E-state index contributed by atoms with van der Waals surface area (Å²) in [4.78, 5) is 0. The van der Waals surface area contributed by atoms with E-state index in [9.17, 15) is 0 Å². The van der Waals surface area contributed by atoms with Gasteiger partial charge in [-0.3, -0.25) is 0 Å². The fourth-order valence-corrected chi connectivity index (χ4v) is 2.95. The number of hydrogen-bond donors (Lipinski definition) is 1. The van der Waals surface area contributed by atoms with Gasteiger partial charge in [0.15, 0.2) is 0 Å². The minimum atomic E-state index is 0.436. The van der Waals surface area contributed by atoms with Crippen LogP contribution in [0.15, 0.2) is 18.2 Å². The lowest BCUT2D eigenvalue weighted by molar-refractivity contribution is 0.355. The molecule has 120 valence electrons. The van der Waals surface area contributed by atoms with Crippen LogP contribution in [-0.2, 0) is 0 Å². The third-order valence-corrected chi connectivity index (χ3v) is 4.40. The molecule has 2 nitrogen and oxygen atoms in total. The maximum absolute atomic E-state index is 5.48. The predicted molar refractivity (Wildman–Crippen MR) is 92.1 cm³/mol. The van der Waals surface area contributed by atoms with Crippen molar-refractivity contribution in [3.8, 4) is 5.75 Å². The number of methoxy groups -OCH3 is 1. The van der Waals surface area contributed by atoms with Crippen molar-refractivity contribution in [3.05, 3.63) is 29.3 Å². The molecule has 1 rings (SSSR count). The Labute approximate surface area is 131 Å². The highest BCUT2D eigenvalue weighted by atomic mass is 16.5. The van der Waals surface area contributed by atoms with Crippen LogP contribution in [0.1, 0.15) is 70.0 Å². The third kappa shape index (κ3) is 5.70. The van der Waals surface area contributed by atoms with Gasteiger partial charge in [0.2, 0.25) is 0 Å². The SMILES string of the molecule is CCCCC(CC)CC(NCC)c1ccc(C)c(OC)c1. The monoisotopic (exact) mass is 291 g/mol. The topological polar surface area (TPSA) is 21.3 Å². The summed E-state index contributed by atoms with van der Waals surface area (Å²) in [6.07, 6.45) is 6.47. The molecule has 1 aromatic carbocycles. The van der Waals surface area contributed by atoms with E-state index in [-0.39, 0.29) is 0 Å². The second-order valence-corrected chi connectivity index (χ2v) is 5.99. The van der Waals surface area contributed by atoms with Gasteiger partial charge in [0.1, 0.15) is 5.75 Å². The molecule has 0 amide bonds. The molecular formula is C19H33NO. The summed E-state index contributed by atoms with van der Waals surface area (Å²) in [5, 5.41) is 3.66. The molecule has 0 saturated carbocycles. The molecule has 21 heavy (non-hydrogen) atoms. The largest absolute Gasteiger partial charge is 0.496 e. The van der Waals surface area contributed by atoms with Crippen LogP contribution in [0.25, 0.3) is 0 Å². The summed E-state index contributed by atoms with van der Waals surface area (Å²) in [5.74, 6) is 1.80. The van der Waals surface area contributed by atoms with Crippen LogP contribution < -0.4 is 10.1 Å². The van der Waals surface area contributed by atoms with Crippen LogP contribution in [0.4, 0.5) is 0 Å². The molecule has 0 aliphatic rings. The standard InChI is InChI=1S/C19H33NO/c1-6-9-10-16(7-2)13-18(20-8-3)17-12-11-15(4)19(14-17)21-5/h11-12,14,16,18,20H,6-10,13H2,1-5H3. The minimum Gasteiger partial charge on any atom is -0.496 e. The van der Waals surface area contributed by atoms with Gasteiger partial charge in [-0.05, 0) is 43.0 Å². The fourth-order valence-electron chi connectivity index (χ4n) is 2.95. The summed E-state index contributed by atoms with van der Waals surface area (Å²) in [6.45, 7) is 9.88. The number of unbranched alkanes of at least 4 members (excludes halogenated alkanes) is 1. The number of ether oxygens (including phenoxy) is 1. The lowest BCUT2D eigenvalue weighted by Gasteiger charge is -2.24. The van der Waals surface area contributed by atoms with Gasteiger partial charge in [0, 0.05) is 6.04 Å². The highest BCUT2D eigenvalue weighted by molar-refractivity contribution is 5.37. The summed E-state index contributed by atoms with van der Waals surface area (Å²) in [6, 6.07) is 7.06. The van der Waals surface area contributed by atoms with Crippen molar-refractivity contribution in [1.82, 2.24) is 5.32 Å². The molecule has 0 saturated heterocycles. The average Bonchev–Trinajstić information content (AvgIpc) is 2.51. The average molecular weight is 291 g/mol.